The highest BCUT2D eigenvalue weighted by Crippen LogP contribution is 2.33. The molecule has 0 bridgehead atoms. The lowest BCUT2D eigenvalue weighted by Gasteiger charge is -2.33. The third-order valence-electron chi connectivity index (χ3n) is 3.72. The summed E-state index contributed by atoms with van der Waals surface area (Å²) in [5, 5.41) is 0. The first-order valence-corrected chi connectivity index (χ1v) is 9.75. The molecule has 0 N–H and O–H groups in total. The number of benzene rings is 1. The van der Waals surface area contributed by atoms with E-state index >= 15 is 0 Å². The maximum atomic E-state index is 12.9. The molecule has 116 valence electrons. The topological polar surface area (TPSA) is 54.5 Å². The lowest BCUT2D eigenvalue weighted by atomic mass is 10.0. The van der Waals surface area contributed by atoms with Crippen molar-refractivity contribution in [1.29, 1.82) is 0 Å². The summed E-state index contributed by atoms with van der Waals surface area (Å²) < 4.78 is 28.4. The van der Waals surface area contributed by atoms with E-state index in [-0.39, 0.29) is 10.7 Å². The normalized spacial score (nSPS) is 20.5. The van der Waals surface area contributed by atoms with Crippen LogP contribution in [0, 0.1) is 6.92 Å². The largest absolute Gasteiger partial charge is 0.298 e. The minimum absolute atomic E-state index is 0.0967. The second-order valence-corrected chi connectivity index (χ2v) is 8.84. The van der Waals surface area contributed by atoms with Gasteiger partial charge in [-0.2, -0.15) is 4.31 Å². The molecule has 1 atom stereocenters. The maximum absolute atomic E-state index is 12.9. The molecule has 0 aromatic heterocycles. The summed E-state index contributed by atoms with van der Waals surface area (Å²) in [5.74, 6) is -0.0967. The van der Waals surface area contributed by atoms with Gasteiger partial charge in [0.2, 0.25) is 10.0 Å². The van der Waals surface area contributed by atoms with Crippen molar-refractivity contribution >= 4 is 47.7 Å². The standard InChI is InChI=1S/C14H17Br2NO3S/c1-9-7-12(16)14(8-11(9)15)21(19,20)17-6-4-3-5-13(17)10(2)18/h7-8,13H,3-6H2,1-2H3. The Labute approximate surface area is 142 Å². The molecule has 1 saturated heterocycles. The predicted octanol–water partition coefficient (Wildman–Crippen LogP) is 3.65. The zero-order valence-corrected chi connectivity index (χ0v) is 15.9. The van der Waals surface area contributed by atoms with Gasteiger partial charge in [-0.1, -0.05) is 22.4 Å². The molecule has 1 heterocycles. The molecule has 0 radical (unpaired) electrons. The van der Waals surface area contributed by atoms with Crippen LogP contribution in [0.3, 0.4) is 0 Å². The van der Waals surface area contributed by atoms with Gasteiger partial charge in [0.1, 0.15) is 5.78 Å². The van der Waals surface area contributed by atoms with Gasteiger partial charge in [0.05, 0.1) is 10.9 Å². The smallest absolute Gasteiger partial charge is 0.244 e. The molecule has 1 unspecified atom stereocenters. The van der Waals surface area contributed by atoms with Crippen molar-refractivity contribution in [2.75, 3.05) is 6.54 Å². The fourth-order valence-corrected chi connectivity index (χ4v) is 5.90. The van der Waals surface area contributed by atoms with Crippen molar-refractivity contribution in [1.82, 2.24) is 4.31 Å². The molecule has 1 aliphatic heterocycles. The third kappa shape index (κ3) is 3.41. The average Bonchev–Trinajstić information content (AvgIpc) is 2.42. The quantitative estimate of drug-likeness (QED) is 0.723. The number of carbonyl (C=O) groups excluding carboxylic acids is 1. The third-order valence-corrected chi connectivity index (χ3v) is 7.44. The summed E-state index contributed by atoms with van der Waals surface area (Å²) in [4.78, 5) is 12.0. The Kier molecular flexibility index (Phi) is 5.28. The van der Waals surface area contributed by atoms with Crippen molar-refractivity contribution in [2.45, 2.75) is 44.0 Å². The van der Waals surface area contributed by atoms with Crippen LogP contribution >= 0.6 is 31.9 Å². The average molecular weight is 439 g/mol. The van der Waals surface area contributed by atoms with Gasteiger partial charge in [-0.05, 0) is 60.3 Å². The lowest BCUT2D eigenvalue weighted by Crippen LogP contribution is -2.47. The van der Waals surface area contributed by atoms with Gasteiger partial charge < -0.3 is 0 Å². The minimum Gasteiger partial charge on any atom is -0.298 e. The van der Waals surface area contributed by atoms with Gasteiger partial charge in [-0.15, -0.1) is 0 Å². The molecular weight excluding hydrogens is 422 g/mol. The number of aryl methyl sites for hydroxylation is 1. The molecule has 1 aromatic carbocycles. The summed E-state index contributed by atoms with van der Waals surface area (Å²) in [6, 6.07) is 2.82. The van der Waals surface area contributed by atoms with E-state index in [9.17, 15) is 13.2 Å². The van der Waals surface area contributed by atoms with Gasteiger partial charge >= 0.3 is 0 Å². The first kappa shape index (κ1) is 17.1. The van der Waals surface area contributed by atoms with Gasteiger partial charge in [-0.25, -0.2) is 8.42 Å². The van der Waals surface area contributed by atoms with Crippen molar-refractivity contribution in [3.63, 3.8) is 0 Å². The van der Waals surface area contributed by atoms with Crippen LogP contribution in [0.25, 0.3) is 0 Å². The monoisotopic (exact) mass is 437 g/mol. The Balaban J connectivity index is 2.50. The number of rotatable bonds is 3. The number of hydrogen-bond acceptors (Lipinski definition) is 3. The van der Waals surface area contributed by atoms with Gasteiger partial charge in [0.15, 0.2) is 0 Å². The predicted molar refractivity (Wildman–Crippen MR) is 88.8 cm³/mol. The lowest BCUT2D eigenvalue weighted by molar-refractivity contribution is -0.121. The van der Waals surface area contributed by atoms with Crippen molar-refractivity contribution in [3.05, 3.63) is 26.6 Å². The zero-order chi connectivity index (χ0) is 15.8. The molecule has 0 spiro atoms. The van der Waals surface area contributed by atoms with E-state index in [1.807, 2.05) is 6.92 Å². The molecule has 0 amide bonds. The summed E-state index contributed by atoms with van der Waals surface area (Å²) in [6.07, 6.45) is 2.27. The number of hydrogen-bond donors (Lipinski definition) is 0. The second kappa shape index (κ2) is 6.48. The Bertz CT molecular complexity index is 673. The van der Waals surface area contributed by atoms with Crippen molar-refractivity contribution in [2.24, 2.45) is 0 Å². The number of carbonyl (C=O) groups is 1. The number of Topliss-reactive ketones (excluding diaryl/α,β-unsaturated/α-hetero) is 1. The zero-order valence-electron chi connectivity index (χ0n) is 11.9. The Morgan fingerprint density at radius 3 is 2.52 bits per heavy atom. The Hall–Kier alpha value is -0.240. The SMILES string of the molecule is CC(=O)C1CCCCN1S(=O)(=O)c1cc(Br)c(C)cc1Br. The molecule has 21 heavy (non-hydrogen) atoms. The van der Waals surface area contributed by atoms with Crippen molar-refractivity contribution in [3.8, 4) is 0 Å². The van der Waals surface area contributed by atoms with Crippen LogP contribution in [0.4, 0.5) is 0 Å². The molecule has 7 heteroatoms. The molecule has 0 saturated carbocycles. The fraction of sp³-hybridized carbons (Fsp3) is 0.500. The van der Waals surface area contributed by atoms with Crippen LogP contribution < -0.4 is 0 Å². The van der Waals surface area contributed by atoms with Crippen LogP contribution in [0.15, 0.2) is 26.0 Å². The highest BCUT2D eigenvalue weighted by molar-refractivity contribution is 9.11. The number of ketones is 1. The summed E-state index contributed by atoms with van der Waals surface area (Å²) in [6.45, 7) is 3.74. The van der Waals surface area contributed by atoms with E-state index in [2.05, 4.69) is 31.9 Å². The molecule has 2 rings (SSSR count). The molecule has 1 aliphatic rings. The summed E-state index contributed by atoms with van der Waals surface area (Å²) in [5.41, 5.74) is 0.947. The molecular formula is C14H17Br2NO3S. The second-order valence-electron chi connectivity index (χ2n) is 5.27. The minimum atomic E-state index is -3.69. The van der Waals surface area contributed by atoms with Crippen LogP contribution in [0.2, 0.25) is 0 Å². The van der Waals surface area contributed by atoms with Crippen LogP contribution in [-0.4, -0.2) is 31.1 Å². The van der Waals surface area contributed by atoms with Crippen LogP contribution in [0.5, 0.6) is 0 Å². The summed E-state index contributed by atoms with van der Waals surface area (Å²) in [7, 11) is -3.69. The highest BCUT2D eigenvalue weighted by atomic mass is 79.9. The van der Waals surface area contributed by atoms with Gasteiger partial charge in [0.25, 0.3) is 0 Å². The molecule has 1 aromatic rings. The Morgan fingerprint density at radius 2 is 1.90 bits per heavy atom. The van der Waals surface area contributed by atoms with E-state index in [1.165, 1.54) is 11.2 Å². The van der Waals surface area contributed by atoms with E-state index in [1.54, 1.807) is 12.1 Å². The van der Waals surface area contributed by atoms with E-state index in [4.69, 9.17) is 0 Å². The van der Waals surface area contributed by atoms with Crippen molar-refractivity contribution < 1.29 is 13.2 Å². The van der Waals surface area contributed by atoms with Gasteiger partial charge in [-0.3, -0.25) is 4.79 Å². The van der Waals surface area contributed by atoms with Crippen LogP contribution in [-0.2, 0) is 14.8 Å². The molecule has 1 fully saturated rings. The number of piperidine rings is 1. The van der Waals surface area contributed by atoms with E-state index in [0.29, 0.717) is 17.4 Å². The number of halogens is 2. The van der Waals surface area contributed by atoms with E-state index in [0.717, 1.165) is 22.9 Å². The van der Waals surface area contributed by atoms with Crippen LogP contribution in [0.1, 0.15) is 31.7 Å². The van der Waals surface area contributed by atoms with E-state index < -0.39 is 16.1 Å². The maximum Gasteiger partial charge on any atom is 0.244 e. The summed E-state index contributed by atoms with van der Waals surface area (Å²) >= 11 is 6.70. The molecule has 0 aliphatic carbocycles. The number of sulfonamides is 1. The molecule has 4 nitrogen and oxygen atoms in total. The first-order chi connectivity index (χ1) is 9.75. The number of nitrogens with zero attached hydrogens (tertiary/aromatic N) is 1. The van der Waals surface area contributed by atoms with Gasteiger partial charge in [0, 0.05) is 15.5 Å². The Morgan fingerprint density at radius 1 is 1.24 bits per heavy atom. The highest BCUT2D eigenvalue weighted by Gasteiger charge is 2.37. The first-order valence-electron chi connectivity index (χ1n) is 6.73. The fourth-order valence-electron chi connectivity index (χ4n) is 2.55.